The van der Waals surface area contributed by atoms with Crippen LogP contribution in [0.25, 0.3) is 0 Å². The standard InChI is InChI=1S/C28H37ClF2N4O4/c1-18(2)24(19-10-8-12-21(29)16-19)39-27(38)35-28(3,17-20-11-9-13-22(30)23(20)31)25(36)33-14-6-4-5-7-15-34-26(32)37/h8-13,16,18,24H,4-7,14-15,17H2,1-3H3,(H,33,36)(H,35,38)(H3,32,34,37). The monoisotopic (exact) mass is 566 g/mol. The van der Waals surface area contributed by atoms with Crippen LogP contribution in [-0.2, 0) is 16.0 Å². The summed E-state index contributed by atoms with van der Waals surface area (Å²) in [6.45, 7) is 5.95. The number of nitrogens with two attached hydrogens (primary N) is 1. The minimum Gasteiger partial charge on any atom is -0.441 e. The molecule has 0 aliphatic rings. The number of halogens is 3. The van der Waals surface area contributed by atoms with E-state index in [0.717, 1.165) is 25.3 Å². The lowest BCUT2D eigenvalue weighted by Gasteiger charge is -2.31. The van der Waals surface area contributed by atoms with Crippen molar-refractivity contribution in [3.8, 4) is 0 Å². The fraction of sp³-hybridized carbons (Fsp3) is 0.464. The van der Waals surface area contributed by atoms with Gasteiger partial charge in [0.25, 0.3) is 0 Å². The molecular weight excluding hydrogens is 530 g/mol. The lowest BCUT2D eigenvalue weighted by Crippen LogP contribution is -2.58. The zero-order valence-corrected chi connectivity index (χ0v) is 23.2. The molecule has 2 aromatic carbocycles. The number of benzene rings is 2. The van der Waals surface area contributed by atoms with Crippen molar-refractivity contribution in [2.45, 2.75) is 64.5 Å². The number of nitrogens with one attached hydrogen (secondary N) is 3. The fourth-order valence-electron chi connectivity index (χ4n) is 4.10. The smallest absolute Gasteiger partial charge is 0.408 e. The Morgan fingerprint density at radius 2 is 1.64 bits per heavy atom. The molecule has 5 N–H and O–H groups in total. The van der Waals surface area contributed by atoms with E-state index >= 15 is 0 Å². The highest BCUT2D eigenvalue weighted by molar-refractivity contribution is 6.30. The van der Waals surface area contributed by atoms with Crippen molar-refractivity contribution in [2.24, 2.45) is 11.7 Å². The Morgan fingerprint density at radius 1 is 1.00 bits per heavy atom. The van der Waals surface area contributed by atoms with E-state index in [1.165, 1.54) is 19.1 Å². The van der Waals surface area contributed by atoms with Crippen LogP contribution in [0, 0.1) is 17.6 Å². The molecule has 0 fully saturated rings. The van der Waals surface area contributed by atoms with Crippen LogP contribution in [0.4, 0.5) is 18.4 Å². The zero-order valence-electron chi connectivity index (χ0n) is 22.5. The number of urea groups is 1. The largest absolute Gasteiger partial charge is 0.441 e. The van der Waals surface area contributed by atoms with Crippen molar-refractivity contribution in [2.75, 3.05) is 13.1 Å². The average Bonchev–Trinajstić information content (AvgIpc) is 2.86. The number of rotatable bonds is 14. The molecule has 0 aromatic heterocycles. The van der Waals surface area contributed by atoms with Crippen molar-refractivity contribution >= 4 is 29.6 Å². The van der Waals surface area contributed by atoms with Crippen LogP contribution in [0.3, 0.4) is 0 Å². The summed E-state index contributed by atoms with van der Waals surface area (Å²) in [5.74, 6) is -2.82. The van der Waals surface area contributed by atoms with Crippen molar-refractivity contribution in [3.05, 3.63) is 70.2 Å². The quantitative estimate of drug-likeness (QED) is 0.229. The van der Waals surface area contributed by atoms with Crippen LogP contribution >= 0.6 is 11.6 Å². The number of carbonyl (C=O) groups excluding carboxylic acids is 3. The minimum atomic E-state index is -1.65. The Bertz CT molecular complexity index is 1130. The summed E-state index contributed by atoms with van der Waals surface area (Å²) in [7, 11) is 0. The van der Waals surface area contributed by atoms with E-state index in [1.54, 1.807) is 24.3 Å². The molecule has 39 heavy (non-hydrogen) atoms. The lowest BCUT2D eigenvalue weighted by molar-refractivity contribution is -0.127. The van der Waals surface area contributed by atoms with Crippen LogP contribution in [0.5, 0.6) is 0 Å². The number of unbranched alkanes of at least 4 members (excludes halogenated alkanes) is 3. The molecule has 214 valence electrons. The fourth-order valence-corrected chi connectivity index (χ4v) is 4.30. The molecule has 2 aromatic rings. The molecule has 2 rings (SSSR count). The highest BCUT2D eigenvalue weighted by Gasteiger charge is 2.37. The van der Waals surface area contributed by atoms with E-state index in [2.05, 4.69) is 16.0 Å². The van der Waals surface area contributed by atoms with E-state index in [4.69, 9.17) is 22.1 Å². The Morgan fingerprint density at radius 3 is 2.26 bits per heavy atom. The summed E-state index contributed by atoms with van der Waals surface area (Å²) in [4.78, 5) is 37.0. The van der Waals surface area contributed by atoms with Crippen LogP contribution in [-0.4, -0.2) is 36.7 Å². The predicted molar refractivity (Wildman–Crippen MR) is 146 cm³/mol. The van der Waals surface area contributed by atoms with Gasteiger partial charge >= 0.3 is 12.1 Å². The summed E-state index contributed by atoms with van der Waals surface area (Å²) in [5.41, 5.74) is 4.00. The molecule has 2 atom stereocenters. The number of alkyl carbamates (subject to hydrolysis) is 1. The summed E-state index contributed by atoms with van der Waals surface area (Å²) in [6.07, 6.45) is 1.12. The van der Waals surface area contributed by atoms with Crippen molar-refractivity contribution in [1.82, 2.24) is 16.0 Å². The Hall–Kier alpha value is -3.40. The summed E-state index contributed by atoms with van der Waals surface area (Å²) >= 11 is 6.11. The summed E-state index contributed by atoms with van der Waals surface area (Å²) in [6, 6.07) is 10.0. The zero-order chi connectivity index (χ0) is 29.0. The van der Waals surface area contributed by atoms with E-state index in [0.29, 0.717) is 30.1 Å². The van der Waals surface area contributed by atoms with Crippen LogP contribution in [0.2, 0.25) is 5.02 Å². The Kier molecular flexibility index (Phi) is 12.4. The first kappa shape index (κ1) is 31.8. The van der Waals surface area contributed by atoms with Gasteiger partial charge in [0.15, 0.2) is 11.6 Å². The third-order valence-corrected chi connectivity index (χ3v) is 6.39. The summed E-state index contributed by atoms with van der Waals surface area (Å²) < 4.78 is 34.1. The van der Waals surface area contributed by atoms with Gasteiger partial charge in [0.2, 0.25) is 5.91 Å². The SMILES string of the molecule is CC(C)C(OC(=O)NC(C)(Cc1cccc(F)c1F)C(=O)NCCCCCCNC(N)=O)c1cccc(Cl)c1. The molecule has 0 heterocycles. The van der Waals surface area contributed by atoms with Gasteiger partial charge in [-0.3, -0.25) is 4.79 Å². The number of amides is 4. The average molecular weight is 567 g/mol. The molecular formula is C28H37ClF2N4O4. The first-order chi connectivity index (χ1) is 18.4. The maximum atomic E-state index is 14.5. The van der Waals surface area contributed by atoms with Gasteiger partial charge in [0, 0.05) is 24.5 Å². The van der Waals surface area contributed by atoms with Gasteiger partial charge in [0.1, 0.15) is 11.6 Å². The van der Waals surface area contributed by atoms with Crippen LogP contribution in [0.15, 0.2) is 42.5 Å². The van der Waals surface area contributed by atoms with Gasteiger partial charge < -0.3 is 26.4 Å². The van der Waals surface area contributed by atoms with Gasteiger partial charge in [-0.1, -0.05) is 62.6 Å². The predicted octanol–water partition coefficient (Wildman–Crippen LogP) is 5.39. The van der Waals surface area contributed by atoms with Crippen molar-refractivity contribution < 1.29 is 27.9 Å². The number of ether oxygens (including phenoxy) is 1. The molecule has 11 heteroatoms. The molecule has 2 unspecified atom stereocenters. The van der Waals surface area contributed by atoms with Gasteiger partial charge in [0.05, 0.1) is 0 Å². The first-order valence-electron chi connectivity index (χ1n) is 12.9. The van der Waals surface area contributed by atoms with Crippen molar-refractivity contribution in [1.29, 1.82) is 0 Å². The van der Waals surface area contributed by atoms with Crippen LogP contribution < -0.4 is 21.7 Å². The molecule has 4 amide bonds. The van der Waals surface area contributed by atoms with Gasteiger partial charge in [-0.15, -0.1) is 0 Å². The summed E-state index contributed by atoms with van der Waals surface area (Å²) in [5, 5.41) is 8.36. The van der Waals surface area contributed by atoms with E-state index < -0.39 is 41.3 Å². The topological polar surface area (TPSA) is 123 Å². The Balaban J connectivity index is 2.11. The van der Waals surface area contributed by atoms with Crippen molar-refractivity contribution in [3.63, 3.8) is 0 Å². The minimum absolute atomic E-state index is 0.0647. The third kappa shape index (κ3) is 10.4. The lowest BCUT2D eigenvalue weighted by atomic mass is 9.91. The molecule has 8 nitrogen and oxygen atoms in total. The molecule has 0 aliphatic heterocycles. The highest BCUT2D eigenvalue weighted by atomic mass is 35.5. The number of hydrogen-bond acceptors (Lipinski definition) is 4. The van der Waals surface area contributed by atoms with Crippen LogP contribution in [0.1, 0.15) is 63.7 Å². The van der Waals surface area contributed by atoms with Gasteiger partial charge in [-0.2, -0.15) is 0 Å². The maximum absolute atomic E-state index is 14.5. The number of primary amides is 1. The second-order valence-corrected chi connectivity index (χ2v) is 10.4. The van der Waals surface area contributed by atoms with Gasteiger partial charge in [-0.25, -0.2) is 18.4 Å². The first-order valence-corrected chi connectivity index (χ1v) is 13.3. The molecule has 0 radical (unpaired) electrons. The normalized spacial score (nSPS) is 13.3. The second kappa shape index (κ2) is 15.3. The molecule has 0 saturated carbocycles. The molecule has 0 bridgehead atoms. The number of carbonyl (C=O) groups is 3. The van der Waals surface area contributed by atoms with Gasteiger partial charge in [-0.05, 0) is 55.0 Å². The number of hydrogen-bond donors (Lipinski definition) is 4. The maximum Gasteiger partial charge on any atom is 0.408 e. The molecule has 0 aliphatic carbocycles. The Labute approximate surface area is 233 Å². The van der Waals surface area contributed by atoms with E-state index in [-0.39, 0.29) is 17.9 Å². The van der Waals surface area contributed by atoms with E-state index in [1.807, 2.05) is 13.8 Å². The van der Waals surface area contributed by atoms with E-state index in [9.17, 15) is 23.2 Å². The third-order valence-electron chi connectivity index (χ3n) is 6.16. The molecule has 0 spiro atoms. The highest BCUT2D eigenvalue weighted by Crippen LogP contribution is 2.28. The second-order valence-electron chi connectivity index (χ2n) is 9.93. The molecule has 0 saturated heterocycles.